The van der Waals surface area contributed by atoms with Crippen LogP contribution < -0.4 is 5.32 Å². The maximum absolute atomic E-state index is 13.2. The number of aliphatic hydroxyl groups excluding tert-OH is 1. The molecule has 0 bridgehead atoms. The summed E-state index contributed by atoms with van der Waals surface area (Å²) in [5.74, 6) is -2.13. The summed E-state index contributed by atoms with van der Waals surface area (Å²) in [6.45, 7) is 5.23. The number of cyclic esters (lactones) is 1. The van der Waals surface area contributed by atoms with Gasteiger partial charge < -0.3 is 24.8 Å². The highest BCUT2D eigenvalue weighted by molar-refractivity contribution is 8.03. The van der Waals surface area contributed by atoms with Gasteiger partial charge in [0.15, 0.2) is 0 Å². The average molecular weight is 430 g/mol. The van der Waals surface area contributed by atoms with E-state index in [4.69, 9.17) is 9.47 Å². The van der Waals surface area contributed by atoms with Crippen LogP contribution in [0.3, 0.4) is 0 Å². The summed E-state index contributed by atoms with van der Waals surface area (Å²) in [4.78, 5) is 40.3. The second kappa shape index (κ2) is 7.11. The van der Waals surface area contributed by atoms with E-state index < -0.39 is 30.3 Å². The highest BCUT2D eigenvalue weighted by Crippen LogP contribution is 2.52. The minimum atomic E-state index is -1.14. The largest absolute Gasteiger partial charge is 0.417 e. The van der Waals surface area contributed by atoms with Gasteiger partial charge in [-0.15, -0.1) is 11.8 Å². The van der Waals surface area contributed by atoms with Gasteiger partial charge in [-0.25, -0.2) is 9.59 Å². The maximum atomic E-state index is 13.2. The molecule has 1 amide bonds. The molecule has 158 valence electrons. The van der Waals surface area contributed by atoms with Crippen LogP contribution in [0.4, 0.5) is 0 Å². The molecule has 4 heterocycles. The number of ether oxygens (including phenoxy) is 2. The van der Waals surface area contributed by atoms with Crippen LogP contribution in [0.15, 0.2) is 34.9 Å². The third-order valence-electron chi connectivity index (χ3n) is 6.20. The second-order valence-corrected chi connectivity index (χ2v) is 9.44. The Labute approximate surface area is 177 Å². The quantitative estimate of drug-likeness (QED) is 0.530. The van der Waals surface area contributed by atoms with E-state index in [1.54, 1.807) is 43.0 Å². The molecule has 5 unspecified atom stereocenters. The lowest BCUT2D eigenvalue weighted by Gasteiger charge is -2.46. The summed E-state index contributed by atoms with van der Waals surface area (Å²) in [6, 6.07) is 6.49. The number of aliphatic hydroxyl groups is 1. The van der Waals surface area contributed by atoms with Gasteiger partial charge in [0, 0.05) is 34.7 Å². The number of nitrogens with zero attached hydrogens (tertiary/aromatic N) is 1. The lowest BCUT2D eigenvalue weighted by Crippen LogP contribution is -2.63. The van der Waals surface area contributed by atoms with Crippen molar-refractivity contribution in [3.05, 3.63) is 46.0 Å². The molecule has 1 aromatic rings. The number of β-lactam (4-membered cyclic amide) rings is 1. The molecule has 2 fully saturated rings. The van der Waals surface area contributed by atoms with Crippen molar-refractivity contribution in [3.8, 4) is 0 Å². The zero-order valence-electron chi connectivity index (χ0n) is 16.5. The van der Waals surface area contributed by atoms with Crippen LogP contribution in [-0.2, 0) is 19.1 Å². The van der Waals surface area contributed by atoms with Gasteiger partial charge in [0.1, 0.15) is 5.70 Å². The number of carbonyl (C=O) groups excluding carboxylic acids is 3. The Morgan fingerprint density at radius 2 is 2.07 bits per heavy atom. The van der Waals surface area contributed by atoms with Crippen LogP contribution in [0.25, 0.3) is 0 Å². The molecular weight excluding hydrogens is 408 g/mol. The number of thioether (sulfide) groups is 1. The molecule has 5 rings (SSSR count). The molecule has 4 aliphatic heterocycles. The normalized spacial score (nSPS) is 31.0. The van der Waals surface area contributed by atoms with Crippen molar-refractivity contribution in [1.29, 1.82) is 0 Å². The molecule has 0 aliphatic carbocycles. The zero-order valence-corrected chi connectivity index (χ0v) is 17.3. The molecule has 8 nitrogen and oxygen atoms in total. The van der Waals surface area contributed by atoms with Crippen LogP contribution in [0.5, 0.6) is 0 Å². The third-order valence-corrected chi connectivity index (χ3v) is 7.69. The second-order valence-electron chi connectivity index (χ2n) is 8.09. The number of amides is 1. The first-order valence-corrected chi connectivity index (χ1v) is 10.9. The summed E-state index contributed by atoms with van der Waals surface area (Å²) < 4.78 is 10.8. The van der Waals surface area contributed by atoms with Crippen molar-refractivity contribution < 1.29 is 29.0 Å². The van der Waals surface area contributed by atoms with Crippen molar-refractivity contribution >= 4 is 29.6 Å². The number of hydrogen-bond donors (Lipinski definition) is 2. The van der Waals surface area contributed by atoms with E-state index in [0.717, 1.165) is 18.0 Å². The molecule has 0 saturated carbocycles. The van der Waals surface area contributed by atoms with Gasteiger partial charge >= 0.3 is 11.9 Å². The number of carbonyl (C=O) groups is 3. The van der Waals surface area contributed by atoms with Gasteiger partial charge in [-0.1, -0.05) is 25.1 Å². The predicted molar refractivity (Wildman–Crippen MR) is 107 cm³/mol. The molecule has 9 heteroatoms. The summed E-state index contributed by atoms with van der Waals surface area (Å²) in [5.41, 5.74) is 1.08. The van der Waals surface area contributed by atoms with Crippen LogP contribution in [-0.4, -0.2) is 58.3 Å². The Bertz CT molecular complexity index is 972. The van der Waals surface area contributed by atoms with E-state index in [1.807, 2.05) is 6.92 Å². The van der Waals surface area contributed by atoms with E-state index in [9.17, 15) is 19.5 Å². The lowest BCUT2D eigenvalue weighted by atomic mass is 9.79. The van der Waals surface area contributed by atoms with Crippen molar-refractivity contribution in [2.75, 3.05) is 13.1 Å². The minimum Gasteiger partial charge on any atom is -0.417 e. The number of nitrogens with one attached hydrogen (secondary N) is 1. The minimum absolute atomic E-state index is 0.0890. The number of esters is 2. The first-order chi connectivity index (χ1) is 14.4. The Morgan fingerprint density at radius 3 is 2.73 bits per heavy atom. The summed E-state index contributed by atoms with van der Waals surface area (Å²) in [7, 11) is 0. The number of fused-ring (bicyclic) bond motifs is 2. The van der Waals surface area contributed by atoms with Gasteiger partial charge in [0.25, 0.3) is 6.29 Å². The molecule has 4 aliphatic rings. The summed E-state index contributed by atoms with van der Waals surface area (Å²) in [6.07, 6.45) is -1.93. The average Bonchev–Trinajstić information content (AvgIpc) is 3.11. The molecular formula is C21H22N2O6S. The van der Waals surface area contributed by atoms with E-state index >= 15 is 0 Å². The highest BCUT2D eigenvalue weighted by Gasteiger charge is 2.60. The maximum Gasteiger partial charge on any atom is 0.359 e. The molecule has 5 atom stereocenters. The van der Waals surface area contributed by atoms with Gasteiger partial charge in [0.05, 0.1) is 23.6 Å². The zero-order chi connectivity index (χ0) is 21.2. The van der Waals surface area contributed by atoms with Crippen molar-refractivity contribution in [1.82, 2.24) is 10.2 Å². The van der Waals surface area contributed by atoms with Crippen LogP contribution >= 0.6 is 11.8 Å². The van der Waals surface area contributed by atoms with Gasteiger partial charge in [0.2, 0.25) is 5.91 Å². The molecule has 0 spiro atoms. The monoisotopic (exact) mass is 430 g/mol. The molecule has 2 saturated heterocycles. The van der Waals surface area contributed by atoms with E-state index in [0.29, 0.717) is 16.4 Å². The van der Waals surface area contributed by atoms with Gasteiger partial charge in [-0.2, -0.15) is 0 Å². The smallest absolute Gasteiger partial charge is 0.359 e. The summed E-state index contributed by atoms with van der Waals surface area (Å²) >= 11 is 1.58. The predicted octanol–water partition coefficient (Wildman–Crippen LogP) is 1.17. The van der Waals surface area contributed by atoms with Crippen LogP contribution in [0.1, 0.15) is 36.1 Å². The number of hydrogen-bond acceptors (Lipinski definition) is 8. The molecule has 2 N–H and O–H groups in total. The summed E-state index contributed by atoms with van der Waals surface area (Å²) in [5, 5.41) is 13.6. The van der Waals surface area contributed by atoms with Gasteiger partial charge in [-0.05, 0) is 13.0 Å². The fourth-order valence-corrected chi connectivity index (χ4v) is 5.96. The number of rotatable bonds is 5. The fraction of sp³-hybridized carbons (Fsp3) is 0.476. The van der Waals surface area contributed by atoms with Crippen LogP contribution in [0.2, 0.25) is 0 Å². The van der Waals surface area contributed by atoms with E-state index in [2.05, 4.69) is 5.32 Å². The first kappa shape index (κ1) is 19.6. The van der Waals surface area contributed by atoms with Crippen molar-refractivity contribution in [2.45, 2.75) is 37.5 Å². The molecule has 0 radical (unpaired) electrons. The number of benzene rings is 1. The van der Waals surface area contributed by atoms with E-state index in [-0.39, 0.29) is 23.6 Å². The Hall–Kier alpha value is -2.36. The Kier molecular flexibility index (Phi) is 4.64. The lowest BCUT2D eigenvalue weighted by molar-refractivity contribution is -0.173. The standard InChI is InChI=1S/C21H22N2O6S/c1-9-15-14(10(2)24)18(25)23(15)16(17(9)30-11-7-22-8-11)20(27)29-21-13-6-4-3-5-12(13)19(26)28-21/h3-6,9-11,14-15,21-22,24H,7-8H2,1-2H3. The van der Waals surface area contributed by atoms with Crippen molar-refractivity contribution in [2.24, 2.45) is 11.8 Å². The van der Waals surface area contributed by atoms with Crippen LogP contribution in [0, 0.1) is 11.8 Å². The van der Waals surface area contributed by atoms with Crippen molar-refractivity contribution in [3.63, 3.8) is 0 Å². The Balaban J connectivity index is 1.45. The topological polar surface area (TPSA) is 105 Å². The fourth-order valence-electron chi connectivity index (χ4n) is 4.55. The molecule has 1 aromatic carbocycles. The van der Waals surface area contributed by atoms with Gasteiger partial charge in [-0.3, -0.25) is 4.79 Å². The Morgan fingerprint density at radius 1 is 1.33 bits per heavy atom. The molecule has 0 aromatic heterocycles. The van der Waals surface area contributed by atoms with E-state index in [1.165, 1.54) is 4.90 Å². The third kappa shape index (κ3) is 2.79. The highest BCUT2D eigenvalue weighted by atomic mass is 32.2. The first-order valence-electron chi connectivity index (χ1n) is 10.0. The SMILES string of the molecule is CC(O)C1C(=O)N2C(C(=O)OC3OC(=O)c4ccccc43)=C(SC3CNC3)C(C)C12. The molecule has 30 heavy (non-hydrogen) atoms.